The maximum absolute atomic E-state index is 6.09. The van der Waals surface area contributed by atoms with E-state index in [0.717, 1.165) is 54.8 Å². The van der Waals surface area contributed by atoms with Gasteiger partial charge >= 0.3 is 0 Å². The Balaban J connectivity index is 1.63. The smallest absolute Gasteiger partial charge is 0.223 e. The Hall–Kier alpha value is -2.44. The third-order valence-electron chi connectivity index (χ3n) is 4.61. The number of hydrogen-bond acceptors (Lipinski definition) is 5. The quantitative estimate of drug-likeness (QED) is 0.765. The van der Waals surface area contributed by atoms with Crippen molar-refractivity contribution >= 4 is 10.9 Å². The standard InChI is InChI=1S/C20H24N4O2/c1-2-24-9-6-15(13-24)18-11-19-17(5-3-8-22-19)20(23-18)26-14-16-12-21-7-4-10-25-16/h3,5-6,8-9,11,13,16,21H,2,4,7,10,12,14H2,1H3/t16-/m0/s1. The van der Waals surface area contributed by atoms with Gasteiger partial charge in [-0.15, -0.1) is 0 Å². The summed E-state index contributed by atoms with van der Waals surface area (Å²) in [5.74, 6) is 0.614. The minimum atomic E-state index is 0.0378. The second-order valence-corrected chi connectivity index (χ2v) is 6.47. The summed E-state index contributed by atoms with van der Waals surface area (Å²) in [4.78, 5) is 9.27. The molecule has 0 aromatic carbocycles. The molecule has 1 atom stereocenters. The van der Waals surface area contributed by atoms with Crippen LogP contribution in [-0.2, 0) is 11.3 Å². The van der Waals surface area contributed by atoms with Gasteiger partial charge in [0, 0.05) is 43.9 Å². The predicted octanol–water partition coefficient (Wildman–Crippen LogP) is 2.88. The Morgan fingerprint density at radius 1 is 1.38 bits per heavy atom. The third kappa shape index (κ3) is 3.71. The van der Waals surface area contributed by atoms with Crippen LogP contribution in [0.1, 0.15) is 13.3 Å². The number of pyridine rings is 2. The maximum atomic E-state index is 6.09. The summed E-state index contributed by atoms with van der Waals surface area (Å²) in [6.07, 6.45) is 7.03. The van der Waals surface area contributed by atoms with Gasteiger partial charge in [0.2, 0.25) is 5.88 Å². The van der Waals surface area contributed by atoms with E-state index in [1.807, 2.05) is 18.2 Å². The predicted molar refractivity (Wildman–Crippen MR) is 101 cm³/mol. The molecule has 1 aliphatic rings. The first kappa shape index (κ1) is 17.0. The molecule has 0 amide bonds. The molecule has 1 N–H and O–H groups in total. The van der Waals surface area contributed by atoms with Crippen molar-refractivity contribution in [3.8, 4) is 17.1 Å². The molecule has 0 radical (unpaired) electrons. The third-order valence-corrected chi connectivity index (χ3v) is 4.61. The summed E-state index contributed by atoms with van der Waals surface area (Å²) in [5.41, 5.74) is 2.83. The molecule has 4 heterocycles. The van der Waals surface area contributed by atoms with Gasteiger partial charge in [0.15, 0.2) is 0 Å². The van der Waals surface area contributed by atoms with E-state index in [9.17, 15) is 0 Å². The molecule has 3 aromatic heterocycles. The molecule has 0 bridgehead atoms. The van der Waals surface area contributed by atoms with Crippen LogP contribution < -0.4 is 10.1 Å². The van der Waals surface area contributed by atoms with Crippen LogP contribution in [0.4, 0.5) is 0 Å². The Labute approximate surface area is 153 Å². The van der Waals surface area contributed by atoms with E-state index in [1.54, 1.807) is 6.20 Å². The van der Waals surface area contributed by atoms with Crippen LogP contribution in [0.5, 0.6) is 5.88 Å². The number of nitrogens with one attached hydrogen (secondary N) is 1. The number of rotatable bonds is 5. The molecule has 3 aromatic rings. The lowest BCUT2D eigenvalue weighted by molar-refractivity contribution is 0.0317. The first-order valence-electron chi connectivity index (χ1n) is 9.20. The van der Waals surface area contributed by atoms with E-state index in [-0.39, 0.29) is 6.10 Å². The highest BCUT2D eigenvalue weighted by atomic mass is 16.5. The van der Waals surface area contributed by atoms with Gasteiger partial charge in [-0.25, -0.2) is 4.98 Å². The van der Waals surface area contributed by atoms with Crippen LogP contribution in [0.25, 0.3) is 22.2 Å². The van der Waals surface area contributed by atoms with Crippen molar-refractivity contribution in [3.63, 3.8) is 0 Å². The van der Waals surface area contributed by atoms with E-state index < -0.39 is 0 Å². The fraction of sp³-hybridized carbons (Fsp3) is 0.400. The molecule has 1 fully saturated rings. The second-order valence-electron chi connectivity index (χ2n) is 6.47. The van der Waals surface area contributed by atoms with Gasteiger partial charge in [-0.3, -0.25) is 4.98 Å². The zero-order chi connectivity index (χ0) is 17.8. The van der Waals surface area contributed by atoms with Crippen molar-refractivity contribution in [1.82, 2.24) is 19.9 Å². The van der Waals surface area contributed by atoms with Crippen LogP contribution >= 0.6 is 0 Å². The van der Waals surface area contributed by atoms with Crippen LogP contribution in [0, 0.1) is 0 Å². The molecule has 136 valence electrons. The molecule has 0 aliphatic carbocycles. The van der Waals surface area contributed by atoms with Gasteiger partial charge < -0.3 is 19.4 Å². The maximum Gasteiger partial charge on any atom is 0.223 e. The zero-order valence-corrected chi connectivity index (χ0v) is 15.0. The molecule has 4 rings (SSSR count). The van der Waals surface area contributed by atoms with Gasteiger partial charge in [0.1, 0.15) is 12.7 Å². The van der Waals surface area contributed by atoms with E-state index in [2.05, 4.69) is 40.3 Å². The number of ether oxygens (including phenoxy) is 2. The first-order valence-corrected chi connectivity index (χ1v) is 9.20. The van der Waals surface area contributed by atoms with Gasteiger partial charge in [0.05, 0.1) is 16.6 Å². The molecule has 6 nitrogen and oxygen atoms in total. The molecule has 0 saturated carbocycles. The van der Waals surface area contributed by atoms with Gasteiger partial charge in [-0.1, -0.05) is 0 Å². The number of fused-ring (bicyclic) bond motifs is 1. The summed E-state index contributed by atoms with van der Waals surface area (Å²) >= 11 is 0. The number of aryl methyl sites for hydroxylation is 1. The second kappa shape index (κ2) is 7.85. The molecule has 26 heavy (non-hydrogen) atoms. The average molecular weight is 352 g/mol. The Bertz CT molecular complexity index is 869. The van der Waals surface area contributed by atoms with Crippen LogP contribution in [-0.4, -0.2) is 46.9 Å². The SMILES string of the molecule is CCn1ccc(-c2cc3ncccc3c(OC[C@@H]3CNCCCO3)n2)c1. The number of hydrogen-bond donors (Lipinski definition) is 1. The summed E-state index contributed by atoms with van der Waals surface area (Å²) in [6.45, 7) is 6.08. The lowest BCUT2D eigenvalue weighted by atomic mass is 10.1. The van der Waals surface area contributed by atoms with Gasteiger partial charge in [0.25, 0.3) is 0 Å². The van der Waals surface area contributed by atoms with E-state index in [1.165, 1.54) is 0 Å². The highest BCUT2D eigenvalue weighted by Gasteiger charge is 2.16. The fourth-order valence-electron chi connectivity index (χ4n) is 3.14. The first-order chi connectivity index (χ1) is 12.8. The zero-order valence-electron chi connectivity index (χ0n) is 15.0. The van der Waals surface area contributed by atoms with Crippen LogP contribution in [0.15, 0.2) is 42.9 Å². The van der Waals surface area contributed by atoms with Crippen LogP contribution in [0.3, 0.4) is 0 Å². The minimum absolute atomic E-state index is 0.0378. The van der Waals surface area contributed by atoms with Crippen molar-refractivity contribution in [2.75, 3.05) is 26.3 Å². The summed E-state index contributed by atoms with van der Waals surface area (Å²) < 4.78 is 14.1. The van der Waals surface area contributed by atoms with Crippen molar-refractivity contribution < 1.29 is 9.47 Å². The lowest BCUT2D eigenvalue weighted by Crippen LogP contribution is -2.31. The number of aromatic nitrogens is 3. The highest BCUT2D eigenvalue weighted by molar-refractivity contribution is 5.86. The van der Waals surface area contributed by atoms with Gasteiger partial charge in [-0.05, 0) is 44.2 Å². The van der Waals surface area contributed by atoms with E-state index in [4.69, 9.17) is 14.5 Å². The topological polar surface area (TPSA) is 61.2 Å². The Kier molecular flexibility index (Phi) is 5.13. The van der Waals surface area contributed by atoms with Crippen molar-refractivity contribution in [2.24, 2.45) is 0 Å². The summed E-state index contributed by atoms with van der Waals surface area (Å²) in [5, 5.41) is 4.30. The van der Waals surface area contributed by atoms with E-state index >= 15 is 0 Å². The molecule has 6 heteroatoms. The highest BCUT2D eigenvalue weighted by Crippen LogP contribution is 2.28. The van der Waals surface area contributed by atoms with Crippen molar-refractivity contribution in [3.05, 3.63) is 42.9 Å². The van der Waals surface area contributed by atoms with E-state index in [0.29, 0.717) is 12.5 Å². The largest absolute Gasteiger partial charge is 0.474 e. The molecule has 0 spiro atoms. The Morgan fingerprint density at radius 2 is 2.35 bits per heavy atom. The molecule has 0 unspecified atom stereocenters. The van der Waals surface area contributed by atoms with Crippen molar-refractivity contribution in [2.45, 2.75) is 26.0 Å². The van der Waals surface area contributed by atoms with Gasteiger partial charge in [-0.2, -0.15) is 0 Å². The fourth-order valence-corrected chi connectivity index (χ4v) is 3.14. The summed E-state index contributed by atoms with van der Waals surface area (Å²) in [7, 11) is 0. The molecular formula is C20H24N4O2. The monoisotopic (exact) mass is 352 g/mol. The lowest BCUT2D eigenvalue weighted by Gasteiger charge is -2.16. The normalized spacial score (nSPS) is 18.0. The van der Waals surface area contributed by atoms with Crippen LogP contribution in [0.2, 0.25) is 0 Å². The molecule has 1 aliphatic heterocycles. The molecular weight excluding hydrogens is 328 g/mol. The summed E-state index contributed by atoms with van der Waals surface area (Å²) in [6, 6.07) is 8.00. The Morgan fingerprint density at radius 3 is 3.23 bits per heavy atom. The van der Waals surface area contributed by atoms with Crippen molar-refractivity contribution in [1.29, 1.82) is 0 Å². The average Bonchev–Trinajstić information content (AvgIpc) is 3.02. The molecule has 1 saturated heterocycles. The number of nitrogens with zero attached hydrogens (tertiary/aromatic N) is 3. The minimum Gasteiger partial charge on any atom is -0.474 e.